The summed E-state index contributed by atoms with van der Waals surface area (Å²) in [6.07, 6.45) is 1.33. The number of aryl methyl sites for hydroxylation is 1. The summed E-state index contributed by atoms with van der Waals surface area (Å²) in [6, 6.07) is 17.3. The van der Waals surface area contributed by atoms with Gasteiger partial charge in [-0.15, -0.1) is 0 Å². The van der Waals surface area contributed by atoms with Crippen molar-refractivity contribution in [1.29, 1.82) is 0 Å². The average molecular weight is 349 g/mol. The quantitative estimate of drug-likeness (QED) is 0.533. The molecule has 7 nitrogen and oxygen atoms in total. The normalized spacial score (nSPS) is 10.4. The molecular formula is C19H19N5O2. The van der Waals surface area contributed by atoms with Gasteiger partial charge in [0, 0.05) is 19.3 Å². The zero-order valence-electron chi connectivity index (χ0n) is 14.6. The Morgan fingerprint density at radius 2 is 1.77 bits per heavy atom. The maximum absolute atomic E-state index is 11.7. The molecule has 0 bridgehead atoms. The maximum Gasteiger partial charge on any atom is 0.353 e. The van der Waals surface area contributed by atoms with Gasteiger partial charge in [-0.1, -0.05) is 48.0 Å². The largest absolute Gasteiger partial charge is 0.353 e. The Balaban J connectivity index is 1.93. The summed E-state index contributed by atoms with van der Waals surface area (Å²) >= 11 is 0. The van der Waals surface area contributed by atoms with Gasteiger partial charge in [-0.05, 0) is 24.6 Å². The van der Waals surface area contributed by atoms with Crippen LogP contribution in [0.3, 0.4) is 0 Å². The van der Waals surface area contributed by atoms with E-state index in [2.05, 4.69) is 15.3 Å². The molecule has 3 rings (SSSR count). The van der Waals surface area contributed by atoms with Gasteiger partial charge in [0.25, 0.3) is 0 Å². The van der Waals surface area contributed by atoms with Crippen LogP contribution in [-0.4, -0.2) is 21.9 Å². The minimum atomic E-state index is -0.451. The lowest BCUT2D eigenvalue weighted by molar-refractivity contribution is -0.383. The van der Waals surface area contributed by atoms with Crippen LogP contribution in [0.4, 0.5) is 23.0 Å². The number of hydrogen-bond donors (Lipinski definition) is 1. The number of rotatable bonds is 6. The molecule has 0 aliphatic rings. The Kier molecular flexibility index (Phi) is 5.07. The molecule has 26 heavy (non-hydrogen) atoms. The van der Waals surface area contributed by atoms with Crippen LogP contribution in [0.5, 0.6) is 0 Å². The smallest absolute Gasteiger partial charge is 0.349 e. The number of nitrogens with zero attached hydrogens (tertiary/aromatic N) is 4. The van der Waals surface area contributed by atoms with E-state index in [0.29, 0.717) is 6.54 Å². The Morgan fingerprint density at radius 3 is 2.42 bits per heavy atom. The minimum Gasteiger partial charge on any atom is -0.349 e. The molecule has 0 radical (unpaired) electrons. The summed E-state index contributed by atoms with van der Waals surface area (Å²) in [5, 5.41) is 14.7. The fourth-order valence-corrected chi connectivity index (χ4v) is 2.61. The molecule has 0 atom stereocenters. The first-order valence-electron chi connectivity index (χ1n) is 8.13. The molecule has 1 N–H and O–H groups in total. The number of benzene rings is 2. The maximum atomic E-state index is 11.7. The third kappa shape index (κ3) is 3.94. The van der Waals surface area contributed by atoms with Crippen molar-refractivity contribution < 1.29 is 4.92 Å². The lowest BCUT2D eigenvalue weighted by Crippen LogP contribution is -2.20. The summed E-state index contributed by atoms with van der Waals surface area (Å²) < 4.78 is 0. The molecular weight excluding hydrogens is 330 g/mol. The van der Waals surface area contributed by atoms with Crippen molar-refractivity contribution in [1.82, 2.24) is 9.97 Å². The van der Waals surface area contributed by atoms with Gasteiger partial charge in [0.15, 0.2) is 0 Å². The highest BCUT2D eigenvalue weighted by Gasteiger charge is 2.25. The molecule has 0 aliphatic heterocycles. The zero-order valence-corrected chi connectivity index (χ0v) is 14.6. The second-order valence-electron chi connectivity index (χ2n) is 5.98. The monoisotopic (exact) mass is 349 g/mol. The summed E-state index contributed by atoms with van der Waals surface area (Å²) in [5.41, 5.74) is 2.73. The van der Waals surface area contributed by atoms with Gasteiger partial charge < -0.3 is 10.2 Å². The van der Waals surface area contributed by atoms with Gasteiger partial charge in [0.05, 0.1) is 4.92 Å². The highest BCUT2D eigenvalue weighted by atomic mass is 16.6. The van der Waals surface area contributed by atoms with E-state index < -0.39 is 4.92 Å². The van der Waals surface area contributed by atoms with Gasteiger partial charge in [-0.3, -0.25) is 10.1 Å². The van der Waals surface area contributed by atoms with Crippen LogP contribution in [0.1, 0.15) is 11.1 Å². The summed E-state index contributed by atoms with van der Waals surface area (Å²) in [7, 11) is 1.78. The fourth-order valence-electron chi connectivity index (χ4n) is 2.61. The van der Waals surface area contributed by atoms with E-state index >= 15 is 0 Å². The molecule has 0 saturated carbocycles. The summed E-state index contributed by atoms with van der Waals surface area (Å²) in [5.74, 6) is 0.437. The molecule has 0 spiro atoms. The van der Waals surface area contributed by atoms with E-state index in [-0.39, 0.29) is 17.3 Å². The molecule has 132 valence electrons. The number of aromatic nitrogens is 2. The highest BCUT2D eigenvalue weighted by Crippen LogP contribution is 2.33. The molecule has 7 heteroatoms. The van der Waals surface area contributed by atoms with E-state index in [1.54, 1.807) is 11.9 Å². The molecule has 0 aliphatic carbocycles. The molecule has 1 heterocycles. The molecule has 2 aromatic carbocycles. The van der Waals surface area contributed by atoms with Crippen LogP contribution >= 0.6 is 0 Å². The van der Waals surface area contributed by atoms with Crippen LogP contribution in [0.25, 0.3) is 0 Å². The van der Waals surface area contributed by atoms with Crippen LogP contribution in [0.2, 0.25) is 0 Å². The third-order valence-corrected chi connectivity index (χ3v) is 3.92. The first-order chi connectivity index (χ1) is 12.5. The Hall–Kier alpha value is -3.48. The van der Waals surface area contributed by atoms with E-state index in [0.717, 1.165) is 16.8 Å². The van der Waals surface area contributed by atoms with Gasteiger partial charge >= 0.3 is 5.69 Å². The van der Waals surface area contributed by atoms with Crippen LogP contribution < -0.4 is 10.2 Å². The molecule has 0 unspecified atom stereocenters. The third-order valence-electron chi connectivity index (χ3n) is 3.92. The van der Waals surface area contributed by atoms with Crippen LogP contribution in [0.15, 0.2) is 60.9 Å². The number of nitro groups is 1. The van der Waals surface area contributed by atoms with Crippen molar-refractivity contribution in [2.75, 3.05) is 17.3 Å². The molecule has 0 amide bonds. The Morgan fingerprint density at radius 1 is 1.08 bits per heavy atom. The molecule has 0 saturated heterocycles. The predicted octanol–water partition coefficient (Wildman–Crippen LogP) is 4.07. The zero-order chi connectivity index (χ0) is 18.5. The minimum absolute atomic E-state index is 0.147. The Bertz CT molecular complexity index is 898. The number of anilines is 3. The lowest BCUT2D eigenvalue weighted by Gasteiger charge is -2.19. The fraction of sp³-hybridized carbons (Fsp3) is 0.158. The first-order valence-corrected chi connectivity index (χ1v) is 8.13. The van der Waals surface area contributed by atoms with Crippen molar-refractivity contribution in [3.63, 3.8) is 0 Å². The first kappa shape index (κ1) is 17.3. The predicted molar refractivity (Wildman–Crippen MR) is 102 cm³/mol. The van der Waals surface area contributed by atoms with Crippen molar-refractivity contribution >= 4 is 23.0 Å². The van der Waals surface area contributed by atoms with Gasteiger partial charge in [-0.25, -0.2) is 9.97 Å². The number of hydrogen-bond acceptors (Lipinski definition) is 6. The second kappa shape index (κ2) is 7.60. The Labute approximate surface area is 151 Å². The molecule has 3 aromatic rings. The van der Waals surface area contributed by atoms with E-state index in [4.69, 9.17) is 0 Å². The van der Waals surface area contributed by atoms with Crippen molar-refractivity contribution in [2.45, 2.75) is 13.5 Å². The highest BCUT2D eigenvalue weighted by molar-refractivity contribution is 5.74. The second-order valence-corrected chi connectivity index (χ2v) is 5.98. The molecule has 1 aromatic heterocycles. The molecule has 0 fully saturated rings. The number of nitrogens with one attached hydrogen (secondary N) is 1. The lowest BCUT2D eigenvalue weighted by atomic mass is 10.2. The summed E-state index contributed by atoms with van der Waals surface area (Å²) in [6.45, 7) is 2.48. The van der Waals surface area contributed by atoms with Gasteiger partial charge in [-0.2, -0.15) is 0 Å². The van der Waals surface area contributed by atoms with E-state index in [9.17, 15) is 10.1 Å². The SMILES string of the molecule is Cc1ccc(Nc2ncnc(N(C)Cc3ccccc3)c2[N+](=O)[O-])cc1. The standard InChI is InChI=1S/C19H19N5O2/c1-14-8-10-16(11-9-14)22-18-17(24(25)26)19(21-13-20-18)23(2)12-15-6-4-3-5-7-15/h3-11,13H,12H2,1-2H3,(H,20,21,22). The van der Waals surface area contributed by atoms with Gasteiger partial charge in [0.1, 0.15) is 6.33 Å². The van der Waals surface area contributed by atoms with E-state index in [1.165, 1.54) is 6.33 Å². The van der Waals surface area contributed by atoms with Crippen LogP contribution in [-0.2, 0) is 6.54 Å². The van der Waals surface area contributed by atoms with Crippen molar-refractivity contribution in [3.8, 4) is 0 Å². The van der Waals surface area contributed by atoms with Crippen molar-refractivity contribution in [2.24, 2.45) is 0 Å². The summed E-state index contributed by atoms with van der Waals surface area (Å²) in [4.78, 5) is 21.2. The average Bonchev–Trinajstić information content (AvgIpc) is 2.64. The topological polar surface area (TPSA) is 84.2 Å². The van der Waals surface area contributed by atoms with Gasteiger partial charge in [0.2, 0.25) is 11.6 Å². The van der Waals surface area contributed by atoms with E-state index in [1.807, 2.05) is 61.5 Å². The van der Waals surface area contributed by atoms with Crippen LogP contribution in [0, 0.1) is 17.0 Å². The van der Waals surface area contributed by atoms with Crippen molar-refractivity contribution in [3.05, 3.63) is 82.2 Å².